The number of carbonyl (C=O) groups is 3. The molecular weight excluding hydrogens is 789 g/mol. The van der Waals surface area contributed by atoms with Gasteiger partial charge in [0.25, 0.3) is 0 Å². The number of nitrogens with two attached hydrogens (primary N) is 1. The smallest absolute Gasteiger partial charge is 0.306 e. The molecule has 14 heteroatoms. The van der Waals surface area contributed by atoms with E-state index in [2.05, 4.69) is 19.2 Å². The van der Waals surface area contributed by atoms with Crippen molar-refractivity contribution in [1.29, 1.82) is 0 Å². The summed E-state index contributed by atoms with van der Waals surface area (Å²) in [5.41, 5.74) is 6.12. The number of unbranched alkanes of at least 4 members (excludes halogenated alkanes) is 24. The zero-order valence-electron chi connectivity index (χ0n) is 37.7. The third kappa shape index (κ3) is 29.7. The van der Waals surface area contributed by atoms with E-state index in [0.29, 0.717) is 18.6 Å². The van der Waals surface area contributed by atoms with Crippen LogP contribution in [0.25, 0.3) is 0 Å². The van der Waals surface area contributed by atoms with Gasteiger partial charge in [-0.1, -0.05) is 168 Å². The molecule has 13 nitrogen and oxygen atoms in total. The van der Waals surface area contributed by atoms with Crippen LogP contribution in [0.2, 0.25) is 0 Å². The van der Waals surface area contributed by atoms with Crippen molar-refractivity contribution in [1.82, 2.24) is 5.32 Å². The molecule has 1 heterocycles. The van der Waals surface area contributed by atoms with Gasteiger partial charge >= 0.3 is 11.9 Å². The lowest BCUT2D eigenvalue weighted by Crippen LogP contribution is -2.44. The zero-order valence-corrected chi connectivity index (χ0v) is 38.5. The van der Waals surface area contributed by atoms with Crippen molar-refractivity contribution < 1.29 is 53.8 Å². The number of nitrogens with one attached hydrogen (secondary N) is 1. The van der Waals surface area contributed by atoms with Gasteiger partial charge in [0.15, 0.2) is 6.29 Å². The second-order valence-corrected chi connectivity index (χ2v) is 17.9. The molecule has 0 aromatic rings. The summed E-state index contributed by atoms with van der Waals surface area (Å²) in [6, 6.07) is -0.880. The van der Waals surface area contributed by atoms with Gasteiger partial charge in [0, 0.05) is 30.9 Å². The number of hydrogen-bond acceptors (Lipinski definition) is 13. The van der Waals surface area contributed by atoms with Crippen LogP contribution in [0.5, 0.6) is 0 Å². The predicted octanol–water partition coefficient (Wildman–Crippen LogP) is 7.40. The standard InChI is InChI=1S/C46H88N2O11S/c1-3-5-7-9-11-13-15-17-19-21-23-25-27-29-40(51)57-34-37(58-41(52)30-28-26-24-22-20-18-16-14-12-10-8-6-4-2)35-60-36-38(47)45(55)48-31-32-56-46-43(54)42(53)44(59-46)39(50)33-49/h37-39,42-44,46,49-50,53-54H,3-36,47H2,1-2H3,(H,48,55)/t37-,38+,39?,42-,43-,44+,46+/m1/s1. The van der Waals surface area contributed by atoms with Crippen LogP contribution < -0.4 is 11.1 Å². The zero-order chi connectivity index (χ0) is 44.1. The molecule has 1 rings (SSSR count). The molecular formula is C46H88N2O11S. The molecule has 60 heavy (non-hydrogen) atoms. The molecule has 0 aliphatic carbocycles. The number of carbonyl (C=O) groups excluding carboxylic acids is 3. The first-order valence-corrected chi connectivity index (χ1v) is 25.2. The Morgan fingerprint density at radius 3 is 1.58 bits per heavy atom. The van der Waals surface area contributed by atoms with Crippen LogP contribution in [0.1, 0.15) is 194 Å². The average Bonchev–Trinajstić information content (AvgIpc) is 3.53. The molecule has 1 saturated heterocycles. The van der Waals surface area contributed by atoms with Gasteiger partial charge in [-0.05, 0) is 12.8 Å². The Hall–Kier alpha value is -1.52. The molecule has 1 amide bonds. The van der Waals surface area contributed by atoms with Crippen molar-refractivity contribution in [3.05, 3.63) is 0 Å². The monoisotopic (exact) mass is 877 g/mol. The average molecular weight is 877 g/mol. The van der Waals surface area contributed by atoms with Crippen LogP contribution in [0.15, 0.2) is 0 Å². The molecule has 7 atom stereocenters. The van der Waals surface area contributed by atoms with Crippen LogP contribution in [-0.4, -0.2) is 119 Å². The Bertz CT molecular complexity index is 1040. The van der Waals surface area contributed by atoms with Gasteiger partial charge in [-0.2, -0.15) is 11.8 Å². The molecule has 0 bridgehead atoms. The first kappa shape index (κ1) is 56.5. The molecule has 354 valence electrons. The Morgan fingerprint density at radius 2 is 1.12 bits per heavy atom. The van der Waals surface area contributed by atoms with Crippen LogP contribution in [0.4, 0.5) is 0 Å². The van der Waals surface area contributed by atoms with Gasteiger partial charge in [-0.25, -0.2) is 0 Å². The van der Waals surface area contributed by atoms with E-state index < -0.39 is 55.4 Å². The Labute approximate surface area is 367 Å². The van der Waals surface area contributed by atoms with Crippen molar-refractivity contribution in [2.24, 2.45) is 5.73 Å². The molecule has 1 aliphatic heterocycles. The summed E-state index contributed by atoms with van der Waals surface area (Å²) >= 11 is 1.33. The van der Waals surface area contributed by atoms with Gasteiger partial charge in [0.2, 0.25) is 5.91 Å². The topological polar surface area (TPSA) is 207 Å². The van der Waals surface area contributed by atoms with Gasteiger partial charge in [0.1, 0.15) is 37.1 Å². The number of aliphatic hydroxyl groups is 4. The van der Waals surface area contributed by atoms with Crippen molar-refractivity contribution in [2.45, 2.75) is 236 Å². The van der Waals surface area contributed by atoms with Crippen molar-refractivity contribution in [2.75, 3.05) is 37.9 Å². The van der Waals surface area contributed by atoms with Crippen LogP contribution >= 0.6 is 11.8 Å². The number of aliphatic hydroxyl groups excluding tert-OH is 4. The molecule has 0 spiro atoms. The maximum atomic E-state index is 12.8. The minimum Gasteiger partial charge on any atom is -0.462 e. The van der Waals surface area contributed by atoms with E-state index in [1.807, 2.05) is 0 Å². The number of esters is 2. The fraction of sp³-hybridized carbons (Fsp3) is 0.935. The largest absolute Gasteiger partial charge is 0.462 e. The third-order valence-corrected chi connectivity index (χ3v) is 12.3. The van der Waals surface area contributed by atoms with Crippen LogP contribution in [0.3, 0.4) is 0 Å². The van der Waals surface area contributed by atoms with E-state index >= 15 is 0 Å². The SMILES string of the molecule is CCCCCCCCCCCCCCCC(=O)OC[C@H](CSC[C@H](N)C(=O)NCCO[C@H]1O[C@@H](C(O)CO)[C@H](O)[C@H]1O)OC(=O)CCCCCCCCCCCCCCC. The summed E-state index contributed by atoms with van der Waals surface area (Å²) in [7, 11) is 0. The summed E-state index contributed by atoms with van der Waals surface area (Å²) < 4.78 is 22.1. The predicted molar refractivity (Wildman–Crippen MR) is 239 cm³/mol. The van der Waals surface area contributed by atoms with E-state index in [1.54, 1.807) is 0 Å². The second-order valence-electron chi connectivity index (χ2n) is 16.8. The Balaban J connectivity index is 2.39. The molecule has 1 unspecified atom stereocenters. The highest BCUT2D eigenvalue weighted by Gasteiger charge is 2.46. The minimum atomic E-state index is -1.44. The number of amides is 1. The van der Waals surface area contributed by atoms with E-state index in [9.17, 15) is 29.7 Å². The molecule has 0 aromatic carbocycles. The molecule has 0 aromatic heterocycles. The minimum absolute atomic E-state index is 0.0434. The molecule has 1 aliphatic rings. The van der Waals surface area contributed by atoms with Gasteiger partial charge in [0.05, 0.1) is 19.3 Å². The van der Waals surface area contributed by atoms with E-state index in [0.717, 1.165) is 38.5 Å². The van der Waals surface area contributed by atoms with E-state index in [4.69, 9.17) is 29.8 Å². The van der Waals surface area contributed by atoms with Crippen LogP contribution in [0, 0.1) is 0 Å². The normalized spacial score (nSPS) is 19.2. The molecule has 0 saturated carbocycles. The van der Waals surface area contributed by atoms with E-state index in [1.165, 1.54) is 140 Å². The number of ether oxygens (including phenoxy) is 4. The first-order valence-electron chi connectivity index (χ1n) is 24.0. The Morgan fingerprint density at radius 1 is 0.667 bits per heavy atom. The maximum absolute atomic E-state index is 12.8. The third-order valence-electron chi connectivity index (χ3n) is 11.1. The summed E-state index contributed by atoms with van der Waals surface area (Å²) in [6.45, 7) is 3.77. The summed E-state index contributed by atoms with van der Waals surface area (Å²) in [5.74, 6) is -0.527. The van der Waals surface area contributed by atoms with Gasteiger partial charge < -0.3 is 50.4 Å². The van der Waals surface area contributed by atoms with Crippen molar-refractivity contribution >= 4 is 29.6 Å². The first-order chi connectivity index (χ1) is 29.1. The molecule has 7 N–H and O–H groups in total. The lowest BCUT2D eigenvalue weighted by atomic mass is 10.0. The highest BCUT2D eigenvalue weighted by atomic mass is 32.2. The fourth-order valence-corrected chi connectivity index (χ4v) is 8.28. The maximum Gasteiger partial charge on any atom is 0.306 e. The number of hydrogen-bond donors (Lipinski definition) is 6. The number of rotatable bonds is 42. The Kier molecular flexibility index (Phi) is 36.8. The quantitative estimate of drug-likeness (QED) is 0.0262. The van der Waals surface area contributed by atoms with Crippen molar-refractivity contribution in [3.8, 4) is 0 Å². The van der Waals surface area contributed by atoms with Gasteiger partial charge in [-0.15, -0.1) is 0 Å². The van der Waals surface area contributed by atoms with E-state index in [-0.39, 0.29) is 37.4 Å². The van der Waals surface area contributed by atoms with Crippen molar-refractivity contribution in [3.63, 3.8) is 0 Å². The highest BCUT2D eigenvalue weighted by molar-refractivity contribution is 7.99. The second kappa shape index (κ2) is 39.1. The summed E-state index contributed by atoms with van der Waals surface area (Å²) in [5, 5.41) is 41.7. The fourth-order valence-electron chi connectivity index (χ4n) is 7.31. The van der Waals surface area contributed by atoms with Gasteiger partial charge in [-0.3, -0.25) is 14.4 Å². The lowest BCUT2D eigenvalue weighted by Gasteiger charge is -2.19. The molecule has 1 fully saturated rings. The lowest BCUT2D eigenvalue weighted by molar-refractivity contribution is -0.179. The summed E-state index contributed by atoms with van der Waals surface area (Å²) in [4.78, 5) is 38.1. The summed E-state index contributed by atoms with van der Waals surface area (Å²) in [6.07, 6.45) is 25.1. The van der Waals surface area contributed by atoms with Crippen LogP contribution in [-0.2, 0) is 33.3 Å². The number of thioether (sulfide) groups is 1. The molecule has 0 radical (unpaired) electrons. The highest BCUT2D eigenvalue weighted by Crippen LogP contribution is 2.24.